The summed E-state index contributed by atoms with van der Waals surface area (Å²) in [6, 6.07) is 0. The Balaban J connectivity index is 4.18. The molecule has 0 N–H and O–H groups in total. The Morgan fingerprint density at radius 1 is 0.312 bits per heavy atom. The lowest BCUT2D eigenvalue weighted by Gasteiger charge is -2.18. The van der Waals surface area contributed by atoms with Gasteiger partial charge in [0.2, 0.25) is 0 Å². The van der Waals surface area contributed by atoms with E-state index in [1.807, 2.05) is 0 Å². The van der Waals surface area contributed by atoms with Crippen molar-refractivity contribution in [2.45, 2.75) is 335 Å². The normalized spacial score (nSPS) is 12.1. The second kappa shape index (κ2) is 56.0. The Bertz CT molecular complexity index is 932. The molecule has 380 valence electrons. The maximum atomic E-state index is 12.7. The first kappa shape index (κ1) is 62.6. The Hall–Kier alpha value is -1.36. The summed E-state index contributed by atoms with van der Waals surface area (Å²) < 4.78 is 17.5. The van der Waals surface area contributed by atoms with Gasteiger partial charge in [0.1, 0.15) is 19.3 Å². The smallest absolute Gasteiger partial charge is 0.305 e. The van der Waals surface area contributed by atoms with Crippen LogP contribution in [0.25, 0.3) is 0 Å². The van der Waals surface area contributed by atoms with Crippen LogP contribution in [-0.4, -0.2) is 37.9 Å². The molecule has 0 bridgehead atoms. The van der Waals surface area contributed by atoms with Crippen molar-refractivity contribution in [3.8, 4) is 0 Å². The first-order chi connectivity index (χ1) is 31.6. The lowest BCUT2D eigenvalue weighted by atomic mass is 10.0. The summed E-state index contributed by atoms with van der Waals surface area (Å²) in [6.07, 6.45) is 65.4. The molecule has 0 aliphatic carbocycles. The highest BCUT2D eigenvalue weighted by Crippen LogP contribution is 2.17. The van der Waals surface area contributed by atoms with Crippen molar-refractivity contribution < 1.29 is 23.8 Å². The molecule has 0 aromatic rings. The lowest BCUT2D eigenvalue weighted by molar-refractivity contribution is -0.155. The molecule has 0 aromatic heterocycles. The summed E-state index contributed by atoms with van der Waals surface area (Å²) in [7, 11) is 0. The van der Waals surface area contributed by atoms with Gasteiger partial charge in [-0.2, -0.15) is 0 Å². The molecule has 0 aliphatic heterocycles. The van der Waals surface area contributed by atoms with Gasteiger partial charge in [0, 0.05) is 19.4 Å². The molecule has 0 spiro atoms. The molecule has 5 heteroatoms. The zero-order valence-corrected chi connectivity index (χ0v) is 43.8. The Morgan fingerprint density at radius 3 is 0.828 bits per heavy atom. The van der Waals surface area contributed by atoms with Crippen LogP contribution in [0.15, 0.2) is 12.2 Å². The van der Waals surface area contributed by atoms with Crippen molar-refractivity contribution in [2.75, 3.05) is 19.8 Å². The first-order valence-corrected chi connectivity index (χ1v) is 29.2. The SMILES string of the molecule is CCCCCCCC/C=C\CCCCCCCCCCCC(=O)OC[C@H](COC(=O)CCCCCCCCCCCCCCC)OCCCCCCCCCCCCCCCCCC. The average molecular weight is 904 g/mol. The van der Waals surface area contributed by atoms with E-state index in [1.165, 1.54) is 257 Å². The van der Waals surface area contributed by atoms with Gasteiger partial charge in [0.25, 0.3) is 0 Å². The van der Waals surface area contributed by atoms with E-state index >= 15 is 0 Å². The van der Waals surface area contributed by atoms with Gasteiger partial charge in [-0.1, -0.05) is 283 Å². The molecule has 0 unspecified atom stereocenters. The molecular weight excluding hydrogens is 789 g/mol. The Kier molecular flexibility index (Phi) is 54.8. The molecule has 0 saturated heterocycles. The van der Waals surface area contributed by atoms with Crippen LogP contribution in [0.2, 0.25) is 0 Å². The molecule has 0 aromatic carbocycles. The molecule has 0 rings (SSSR count). The van der Waals surface area contributed by atoms with Crippen molar-refractivity contribution in [3.63, 3.8) is 0 Å². The minimum atomic E-state index is -0.392. The minimum Gasteiger partial charge on any atom is -0.463 e. The summed E-state index contributed by atoms with van der Waals surface area (Å²) >= 11 is 0. The van der Waals surface area contributed by atoms with Crippen LogP contribution in [0.3, 0.4) is 0 Å². The molecule has 64 heavy (non-hydrogen) atoms. The summed E-state index contributed by atoms with van der Waals surface area (Å²) in [4.78, 5) is 25.3. The lowest BCUT2D eigenvalue weighted by Crippen LogP contribution is -2.29. The molecule has 1 atom stereocenters. The number of carbonyl (C=O) groups excluding carboxylic acids is 2. The van der Waals surface area contributed by atoms with Crippen LogP contribution < -0.4 is 0 Å². The zero-order valence-electron chi connectivity index (χ0n) is 43.8. The van der Waals surface area contributed by atoms with Crippen LogP contribution in [0.5, 0.6) is 0 Å². The fourth-order valence-corrected chi connectivity index (χ4v) is 8.89. The zero-order chi connectivity index (χ0) is 46.3. The molecule has 0 aliphatic rings. The van der Waals surface area contributed by atoms with Crippen LogP contribution in [-0.2, 0) is 23.8 Å². The largest absolute Gasteiger partial charge is 0.463 e. The number of hydrogen-bond donors (Lipinski definition) is 0. The maximum absolute atomic E-state index is 12.7. The van der Waals surface area contributed by atoms with E-state index < -0.39 is 6.10 Å². The van der Waals surface area contributed by atoms with E-state index in [4.69, 9.17) is 14.2 Å². The van der Waals surface area contributed by atoms with Crippen molar-refractivity contribution in [3.05, 3.63) is 12.2 Å². The third kappa shape index (κ3) is 53.3. The number of allylic oxidation sites excluding steroid dienone is 2. The molecule has 5 nitrogen and oxygen atoms in total. The van der Waals surface area contributed by atoms with Crippen LogP contribution >= 0.6 is 0 Å². The van der Waals surface area contributed by atoms with Crippen LogP contribution in [0.1, 0.15) is 329 Å². The van der Waals surface area contributed by atoms with Gasteiger partial charge >= 0.3 is 11.9 Å². The van der Waals surface area contributed by atoms with Crippen LogP contribution in [0, 0.1) is 0 Å². The molecule has 0 radical (unpaired) electrons. The van der Waals surface area contributed by atoms with Crippen molar-refractivity contribution >= 4 is 11.9 Å². The number of unbranched alkanes of at least 4 members (excludes halogenated alkanes) is 42. The highest BCUT2D eigenvalue weighted by molar-refractivity contribution is 5.69. The fourth-order valence-electron chi connectivity index (χ4n) is 8.89. The molecule has 0 amide bonds. The third-order valence-electron chi connectivity index (χ3n) is 13.3. The predicted molar refractivity (Wildman–Crippen MR) is 279 cm³/mol. The summed E-state index contributed by atoms with van der Waals surface area (Å²) in [5.74, 6) is -0.313. The second-order valence-corrected chi connectivity index (χ2v) is 19.9. The Morgan fingerprint density at radius 2 is 0.547 bits per heavy atom. The summed E-state index contributed by atoms with van der Waals surface area (Å²) in [5.41, 5.74) is 0. The molecule has 0 saturated carbocycles. The van der Waals surface area contributed by atoms with Gasteiger partial charge in [-0.05, 0) is 44.9 Å². The average Bonchev–Trinajstić information content (AvgIpc) is 3.30. The Labute approximate surface area is 401 Å². The predicted octanol–water partition coefficient (Wildman–Crippen LogP) is 19.8. The number of carbonyl (C=O) groups is 2. The van der Waals surface area contributed by atoms with Gasteiger partial charge < -0.3 is 14.2 Å². The van der Waals surface area contributed by atoms with Crippen LogP contribution in [0.4, 0.5) is 0 Å². The van der Waals surface area contributed by atoms with Crippen molar-refractivity contribution in [1.82, 2.24) is 0 Å². The van der Waals surface area contributed by atoms with Gasteiger partial charge in [-0.15, -0.1) is 0 Å². The molecule has 0 heterocycles. The standard InChI is InChI=1S/C59H114O5/c1-4-7-10-13-16-19-22-25-27-29-30-31-32-35-38-41-44-47-50-53-59(61)64-56-57(55-63-58(60)52-49-46-43-40-37-34-24-21-18-15-12-9-6-3)62-54-51-48-45-42-39-36-33-28-26-23-20-17-14-11-8-5-2/h25,27,57H,4-24,26,28-56H2,1-3H3/b27-25-/t57-/m0/s1. The van der Waals surface area contributed by atoms with E-state index in [2.05, 4.69) is 32.9 Å². The van der Waals surface area contributed by atoms with Gasteiger partial charge in [0.15, 0.2) is 0 Å². The third-order valence-corrected chi connectivity index (χ3v) is 13.3. The highest BCUT2D eigenvalue weighted by Gasteiger charge is 2.16. The van der Waals surface area contributed by atoms with Gasteiger partial charge in [-0.25, -0.2) is 0 Å². The van der Waals surface area contributed by atoms with Gasteiger partial charge in [-0.3, -0.25) is 9.59 Å². The van der Waals surface area contributed by atoms with E-state index in [-0.39, 0.29) is 25.2 Å². The topological polar surface area (TPSA) is 61.8 Å². The number of ether oxygens (including phenoxy) is 3. The number of hydrogen-bond acceptors (Lipinski definition) is 5. The number of esters is 2. The summed E-state index contributed by atoms with van der Waals surface area (Å²) in [5, 5.41) is 0. The quantitative estimate of drug-likeness (QED) is 0.0346. The highest BCUT2D eigenvalue weighted by atomic mass is 16.6. The van der Waals surface area contributed by atoms with E-state index in [0.717, 1.165) is 38.5 Å². The maximum Gasteiger partial charge on any atom is 0.305 e. The first-order valence-electron chi connectivity index (χ1n) is 29.2. The minimum absolute atomic E-state index is 0.156. The number of rotatable bonds is 55. The van der Waals surface area contributed by atoms with E-state index in [9.17, 15) is 9.59 Å². The monoisotopic (exact) mass is 903 g/mol. The second-order valence-electron chi connectivity index (χ2n) is 19.9. The van der Waals surface area contributed by atoms with E-state index in [0.29, 0.717) is 19.4 Å². The van der Waals surface area contributed by atoms with E-state index in [1.54, 1.807) is 0 Å². The summed E-state index contributed by atoms with van der Waals surface area (Å²) in [6.45, 7) is 7.80. The fraction of sp³-hybridized carbons (Fsp3) is 0.932. The van der Waals surface area contributed by atoms with Gasteiger partial charge in [0.05, 0.1) is 0 Å². The molecule has 0 fully saturated rings. The van der Waals surface area contributed by atoms with Crippen molar-refractivity contribution in [2.24, 2.45) is 0 Å². The van der Waals surface area contributed by atoms with Crippen molar-refractivity contribution in [1.29, 1.82) is 0 Å². The molecular formula is C59H114O5.